The molecule has 0 aliphatic rings. The average molecular weight is 333 g/mol. The van der Waals surface area contributed by atoms with Crippen LogP contribution in [0.2, 0.25) is 0 Å². The van der Waals surface area contributed by atoms with Crippen molar-refractivity contribution in [3.63, 3.8) is 0 Å². The Morgan fingerprint density at radius 3 is 2.24 bits per heavy atom. The normalized spacial score (nSPS) is 11.5. The van der Waals surface area contributed by atoms with Gasteiger partial charge in [-0.3, -0.25) is 14.9 Å². The number of halogens is 2. The van der Waals surface area contributed by atoms with Crippen molar-refractivity contribution in [2.24, 2.45) is 0 Å². The number of nitrogens with one attached hydrogen (secondary N) is 1. The number of amides is 1. The molecule has 0 aliphatic heterocycles. The average Bonchev–Trinajstić information content (AvgIpc) is 2.45. The molecule has 1 amide bonds. The number of nitro benzene ring substituents is 1. The lowest BCUT2D eigenvalue weighted by atomic mass is 10.1. The molecule has 0 spiro atoms. The van der Waals surface area contributed by atoms with Crippen LogP contribution in [0.25, 0.3) is 0 Å². The molecule has 0 atom stereocenters. The highest BCUT2D eigenvalue weighted by Crippen LogP contribution is 2.14. The van der Waals surface area contributed by atoms with Crippen LogP contribution in [0.3, 0.4) is 0 Å². The van der Waals surface area contributed by atoms with Gasteiger partial charge in [0.2, 0.25) is 0 Å². The lowest BCUT2D eigenvalue weighted by Gasteiger charge is -2.05. The zero-order valence-electron chi connectivity index (χ0n) is 10.5. The van der Waals surface area contributed by atoms with Gasteiger partial charge < -0.3 is 10.4 Å². The van der Waals surface area contributed by atoms with Crippen molar-refractivity contribution in [1.82, 2.24) is 5.32 Å². The smallest absolute Gasteiger partial charge is 0.349 e. The summed E-state index contributed by atoms with van der Waals surface area (Å²) in [6, 6.07) is 5.83. The molecule has 0 aliphatic carbocycles. The van der Waals surface area contributed by atoms with E-state index in [1.165, 1.54) is 12.1 Å². The van der Waals surface area contributed by atoms with Crippen molar-refractivity contribution in [3.8, 4) is 0 Å². The van der Waals surface area contributed by atoms with Crippen LogP contribution >= 0.6 is 23.2 Å². The van der Waals surface area contributed by atoms with E-state index in [2.05, 4.69) is 5.32 Å². The number of carboxylic acids is 1. The Bertz CT molecular complexity index is 598. The summed E-state index contributed by atoms with van der Waals surface area (Å²) in [6.45, 7) is 0.177. The second-order valence-corrected chi connectivity index (χ2v) is 4.62. The molecule has 21 heavy (non-hydrogen) atoms. The number of non-ortho nitro benzene ring substituents is 1. The summed E-state index contributed by atoms with van der Waals surface area (Å²) in [7, 11) is 0. The minimum Gasteiger partial charge on any atom is -0.477 e. The van der Waals surface area contributed by atoms with Crippen LogP contribution in [0.1, 0.15) is 5.56 Å². The zero-order valence-corrected chi connectivity index (χ0v) is 12.0. The van der Waals surface area contributed by atoms with Gasteiger partial charge in [0.25, 0.3) is 11.6 Å². The van der Waals surface area contributed by atoms with Crippen LogP contribution in [-0.2, 0) is 16.0 Å². The molecule has 0 heterocycles. The number of carboxylic acid groups (broad SMARTS) is 1. The fourth-order valence-corrected chi connectivity index (χ4v) is 1.61. The maximum absolute atomic E-state index is 11.5. The van der Waals surface area contributed by atoms with E-state index in [-0.39, 0.29) is 12.2 Å². The molecular formula is C12H10Cl2N2O5. The number of nitrogens with zero attached hydrogens (tertiary/aromatic N) is 1. The van der Waals surface area contributed by atoms with E-state index >= 15 is 0 Å². The Balaban J connectivity index is 2.54. The van der Waals surface area contributed by atoms with Gasteiger partial charge in [0.05, 0.1) is 4.92 Å². The fourth-order valence-electron chi connectivity index (χ4n) is 1.38. The second-order valence-electron chi connectivity index (χ2n) is 3.86. The van der Waals surface area contributed by atoms with Crippen molar-refractivity contribution < 1.29 is 19.6 Å². The van der Waals surface area contributed by atoms with Crippen molar-refractivity contribution in [1.29, 1.82) is 0 Å². The standard InChI is InChI=1S/C12H10Cl2N2O5/c13-9(10(14)12(18)19)11(17)15-6-5-7-1-3-8(4-2-7)16(20)21/h1-4H,5-6H2,(H,15,17)(H,18,19)/b10-9-. The molecule has 9 heteroatoms. The highest BCUT2D eigenvalue weighted by Gasteiger charge is 2.16. The molecule has 0 aromatic heterocycles. The number of rotatable bonds is 6. The second kappa shape index (κ2) is 7.61. The van der Waals surface area contributed by atoms with Crippen LogP contribution in [0.5, 0.6) is 0 Å². The molecule has 0 saturated heterocycles. The quantitative estimate of drug-likeness (QED) is 0.470. The van der Waals surface area contributed by atoms with E-state index in [9.17, 15) is 19.7 Å². The van der Waals surface area contributed by atoms with Gasteiger partial charge in [0.1, 0.15) is 10.1 Å². The van der Waals surface area contributed by atoms with E-state index in [4.69, 9.17) is 28.3 Å². The van der Waals surface area contributed by atoms with Gasteiger partial charge in [-0.2, -0.15) is 0 Å². The van der Waals surface area contributed by atoms with E-state index in [1.54, 1.807) is 12.1 Å². The summed E-state index contributed by atoms with van der Waals surface area (Å²) in [5.41, 5.74) is 0.743. The molecule has 2 N–H and O–H groups in total. The van der Waals surface area contributed by atoms with Gasteiger partial charge in [0, 0.05) is 18.7 Å². The molecule has 0 saturated carbocycles. The third-order valence-electron chi connectivity index (χ3n) is 2.43. The Morgan fingerprint density at radius 1 is 1.19 bits per heavy atom. The first-order chi connectivity index (χ1) is 9.82. The predicted octanol–water partition coefficient (Wildman–Crippen LogP) is 2.03. The molecular weight excluding hydrogens is 323 g/mol. The molecule has 0 unspecified atom stereocenters. The number of aliphatic carboxylic acids is 1. The lowest BCUT2D eigenvalue weighted by molar-refractivity contribution is -0.384. The van der Waals surface area contributed by atoms with Gasteiger partial charge in [-0.15, -0.1) is 0 Å². The summed E-state index contributed by atoms with van der Waals surface area (Å²) in [5.74, 6) is -2.29. The summed E-state index contributed by atoms with van der Waals surface area (Å²) in [4.78, 5) is 32.0. The molecule has 1 aromatic carbocycles. The first-order valence-corrected chi connectivity index (χ1v) is 6.38. The fraction of sp³-hybridized carbons (Fsp3) is 0.167. The summed E-state index contributed by atoms with van der Waals surface area (Å²) in [6.07, 6.45) is 0.401. The van der Waals surface area contributed by atoms with Crippen molar-refractivity contribution in [2.75, 3.05) is 6.54 Å². The molecule has 112 valence electrons. The number of nitro groups is 1. The monoisotopic (exact) mass is 332 g/mol. The SMILES string of the molecule is O=C(O)/C(Cl)=C(/Cl)C(=O)NCCc1ccc([N+](=O)[O-])cc1. The van der Waals surface area contributed by atoms with Crippen LogP contribution in [0, 0.1) is 10.1 Å². The van der Waals surface area contributed by atoms with Crippen LogP contribution in [0.4, 0.5) is 5.69 Å². The Morgan fingerprint density at radius 2 is 1.76 bits per heavy atom. The lowest BCUT2D eigenvalue weighted by Crippen LogP contribution is -2.26. The summed E-state index contributed by atoms with van der Waals surface area (Å²) >= 11 is 10.8. The molecule has 0 bridgehead atoms. The van der Waals surface area contributed by atoms with Gasteiger partial charge in [-0.25, -0.2) is 4.79 Å². The maximum Gasteiger partial charge on any atom is 0.349 e. The highest BCUT2D eigenvalue weighted by molar-refractivity contribution is 6.53. The maximum atomic E-state index is 11.5. The molecule has 0 radical (unpaired) electrons. The molecule has 1 rings (SSSR count). The Hall–Kier alpha value is -2.12. The first-order valence-electron chi connectivity index (χ1n) is 5.63. The Labute approximate surface area is 129 Å². The third-order valence-corrected chi connectivity index (χ3v) is 3.23. The van der Waals surface area contributed by atoms with E-state index < -0.39 is 26.9 Å². The predicted molar refractivity (Wildman–Crippen MR) is 76.2 cm³/mol. The van der Waals surface area contributed by atoms with E-state index in [1.807, 2.05) is 0 Å². The zero-order chi connectivity index (χ0) is 16.0. The van der Waals surface area contributed by atoms with Crippen molar-refractivity contribution in [3.05, 3.63) is 50.0 Å². The minimum atomic E-state index is -1.49. The topological polar surface area (TPSA) is 110 Å². The van der Waals surface area contributed by atoms with Gasteiger partial charge >= 0.3 is 5.97 Å². The molecule has 7 nitrogen and oxygen atoms in total. The first kappa shape index (κ1) is 16.9. The number of benzene rings is 1. The van der Waals surface area contributed by atoms with Crippen LogP contribution < -0.4 is 5.32 Å². The van der Waals surface area contributed by atoms with Crippen LogP contribution in [-0.4, -0.2) is 28.5 Å². The number of carbonyl (C=O) groups excluding carboxylic acids is 1. The minimum absolute atomic E-state index is 0.0259. The van der Waals surface area contributed by atoms with Crippen LogP contribution in [0.15, 0.2) is 34.3 Å². The number of carbonyl (C=O) groups is 2. The third kappa shape index (κ3) is 5.05. The number of hydrogen-bond donors (Lipinski definition) is 2. The molecule has 1 aromatic rings. The highest BCUT2D eigenvalue weighted by atomic mass is 35.5. The van der Waals surface area contributed by atoms with E-state index in [0.717, 1.165) is 5.56 Å². The van der Waals surface area contributed by atoms with Crippen molar-refractivity contribution in [2.45, 2.75) is 6.42 Å². The van der Waals surface area contributed by atoms with Gasteiger partial charge in [-0.1, -0.05) is 35.3 Å². The van der Waals surface area contributed by atoms with E-state index in [0.29, 0.717) is 6.42 Å². The summed E-state index contributed by atoms with van der Waals surface area (Å²) in [5, 5.41) is 20.1. The number of hydrogen-bond acceptors (Lipinski definition) is 4. The van der Waals surface area contributed by atoms with Gasteiger partial charge in [-0.05, 0) is 12.0 Å². The Kier molecular flexibility index (Phi) is 6.13. The van der Waals surface area contributed by atoms with Gasteiger partial charge in [0.15, 0.2) is 0 Å². The summed E-state index contributed by atoms with van der Waals surface area (Å²) < 4.78 is 0. The largest absolute Gasteiger partial charge is 0.477 e. The van der Waals surface area contributed by atoms with Crippen molar-refractivity contribution >= 4 is 40.8 Å². The molecule has 0 fully saturated rings.